The minimum atomic E-state index is -1.14. The van der Waals surface area contributed by atoms with E-state index in [-0.39, 0.29) is 33.4 Å². The van der Waals surface area contributed by atoms with E-state index in [1.54, 1.807) is 0 Å². The lowest BCUT2D eigenvalue weighted by Gasteiger charge is -2.72. The van der Waals surface area contributed by atoms with Crippen molar-refractivity contribution in [2.75, 3.05) is 13.2 Å². The molecule has 0 radical (unpaired) electrons. The lowest BCUT2D eigenvalue weighted by molar-refractivity contribution is -0.225. The molecule has 0 aromatic rings. The van der Waals surface area contributed by atoms with E-state index < -0.39 is 11.7 Å². The molecule has 5 aliphatic rings. The monoisotopic (exact) mass is 514 g/mol. The van der Waals surface area contributed by atoms with Crippen LogP contribution in [0.4, 0.5) is 0 Å². The predicted molar refractivity (Wildman–Crippen MR) is 148 cm³/mol. The fraction of sp³-hybridized carbons (Fsp3) is 0.909. The summed E-state index contributed by atoms with van der Waals surface area (Å²) < 4.78 is 5.58. The first-order valence-electron chi connectivity index (χ1n) is 15.4. The molecule has 10 atom stereocenters. The molecule has 5 aliphatic carbocycles. The van der Waals surface area contributed by atoms with Crippen LogP contribution in [0.5, 0.6) is 0 Å². The van der Waals surface area contributed by atoms with Gasteiger partial charge in [-0.15, -0.1) is 0 Å². The Bertz CT molecular complexity index is 952. The molecule has 0 aromatic heterocycles. The zero-order valence-corrected chi connectivity index (χ0v) is 24.9. The standard InChI is InChI=1S/C33H54O4/c1-9-37-28(36)22-18-30(6)24(29(4,5)27(22)35)13-14-32(8)25(30)11-10-23-26-21(20(2)3)12-15-33(26,19-34)17-16-31(23,32)7/h18,20-21,23-26,28,34,36H,9-17,19H2,1-8H3/t21-,23+,24-,25+,26+,28?,30-,31+,32+,33+/m0/s1. The van der Waals surface area contributed by atoms with E-state index in [1.807, 2.05) is 6.92 Å². The second kappa shape index (κ2) is 8.90. The Kier molecular flexibility index (Phi) is 6.70. The van der Waals surface area contributed by atoms with Crippen molar-refractivity contribution in [3.8, 4) is 0 Å². The molecule has 2 N–H and O–H groups in total. The predicted octanol–water partition coefficient (Wildman–Crippen LogP) is 6.79. The number of carbonyl (C=O) groups is 1. The maximum absolute atomic E-state index is 13.7. The van der Waals surface area contributed by atoms with E-state index in [9.17, 15) is 15.0 Å². The van der Waals surface area contributed by atoms with E-state index in [0.717, 1.165) is 12.8 Å². The van der Waals surface area contributed by atoms with Gasteiger partial charge in [0.1, 0.15) is 0 Å². The number of ketones is 1. The molecule has 0 aromatic carbocycles. The zero-order chi connectivity index (χ0) is 27.2. The van der Waals surface area contributed by atoms with Crippen molar-refractivity contribution >= 4 is 5.78 Å². The van der Waals surface area contributed by atoms with Crippen molar-refractivity contribution in [2.24, 2.45) is 62.6 Å². The number of ether oxygens (including phenoxy) is 1. The molecule has 0 spiro atoms. The van der Waals surface area contributed by atoms with E-state index in [1.165, 1.54) is 38.5 Å². The summed E-state index contributed by atoms with van der Waals surface area (Å²) in [5.74, 6) is 3.46. The van der Waals surface area contributed by atoms with E-state index >= 15 is 0 Å². The third-order valence-electron chi connectivity index (χ3n) is 13.8. The summed E-state index contributed by atoms with van der Waals surface area (Å²) in [6, 6.07) is 0. The number of allylic oxidation sites excluding steroid dienone is 1. The average molecular weight is 515 g/mol. The first kappa shape index (κ1) is 27.8. The van der Waals surface area contributed by atoms with Gasteiger partial charge in [-0.2, -0.15) is 0 Å². The number of rotatable bonds is 5. The molecule has 0 bridgehead atoms. The lowest BCUT2D eigenvalue weighted by atomic mass is 9.32. The Morgan fingerprint density at radius 3 is 2.27 bits per heavy atom. The normalized spacial score (nSPS) is 49.5. The van der Waals surface area contributed by atoms with Crippen LogP contribution in [0.15, 0.2) is 11.6 Å². The summed E-state index contributed by atoms with van der Waals surface area (Å²) in [4.78, 5) is 13.7. The van der Waals surface area contributed by atoms with Gasteiger partial charge in [-0.3, -0.25) is 4.79 Å². The van der Waals surface area contributed by atoms with Crippen LogP contribution in [0.3, 0.4) is 0 Å². The third-order valence-corrected chi connectivity index (χ3v) is 13.8. The third kappa shape index (κ3) is 3.53. The van der Waals surface area contributed by atoms with Crippen LogP contribution in [0.1, 0.15) is 107 Å². The minimum Gasteiger partial charge on any atom is -0.396 e. The molecular formula is C33H54O4. The van der Waals surface area contributed by atoms with Crippen LogP contribution in [-0.4, -0.2) is 35.5 Å². The second-order valence-electron chi connectivity index (χ2n) is 15.5. The summed E-state index contributed by atoms with van der Waals surface area (Å²) in [5.41, 5.74) is 0.343. The first-order chi connectivity index (χ1) is 17.2. The van der Waals surface area contributed by atoms with Crippen LogP contribution >= 0.6 is 0 Å². The fourth-order valence-electron chi connectivity index (χ4n) is 11.8. The number of hydrogen-bond acceptors (Lipinski definition) is 4. The molecule has 37 heavy (non-hydrogen) atoms. The number of carbonyl (C=O) groups excluding carboxylic acids is 1. The average Bonchev–Trinajstić information content (AvgIpc) is 3.22. The summed E-state index contributed by atoms with van der Waals surface area (Å²) in [6.45, 7) is 19.3. The van der Waals surface area contributed by atoms with Gasteiger partial charge in [-0.05, 0) is 115 Å². The van der Waals surface area contributed by atoms with Gasteiger partial charge in [0.25, 0.3) is 0 Å². The smallest absolute Gasteiger partial charge is 0.184 e. The van der Waals surface area contributed by atoms with Crippen molar-refractivity contribution in [3.05, 3.63) is 11.6 Å². The molecule has 0 aliphatic heterocycles. The maximum atomic E-state index is 13.7. The topological polar surface area (TPSA) is 66.8 Å². The van der Waals surface area contributed by atoms with Gasteiger partial charge in [0.2, 0.25) is 0 Å². The van der Waals surface area contributed by atoms with Gasteiger partial charge in [0.15, 0.2) is 12.1 Å². The minimum absolute atomic E-state index is 0.0653. The van der Waals surface area contributed by atoms with Crippen LogP contribution in [0, 0.1) is 62.6 Å². The number of aliphatic hydroxyl groups excluding tert-OH is 2. The van der Waals surface area contributed by atoms with Gasteiger partial charge in [-0.1, -0.05) is 54.5 Å². The Morgan fingerprint density at radius 2 is 1.65 bits per heavy atom. The molecule has 5 rings (SSSR count). The molecule has 4 saturated carbocycles. The van der Waals surface area contributed by atoms with Crippen molar-refractivity contribution in [2.45, 2.75) is 113 Å². The van der Waals surface area contributed by atoms with Crippen molar-refractivity contribution in [1.82, 2.24) is 0 Å². The lowest BCUT2D eigenvalue weighted by Crippen LogP contribution is -2.66. The molecule has 0 saturated heterocycles. The van der Waals surface area contributed by atoms with Gasteiger partial charge in [0.05, 0.1) is 0 Å². The van der Waals surface area contributed by atoms with Gasteiger partial charge >= 0.3 is 0 Å². The Balaban J connectivity index is 1.59. The van der Waals surface area contributed by atoms with Crippen molar-refractivity contribution in [3.63, 3.8) is 0 Å². The molecule has 4 fully saturated rings. The summed E-state index contributed by atoms with van der Waals surface area (Å²) in [5, 5.41) is 21.6. The molecule has 210 valence electrons. The highest BCUT2D eigenvalue weighted by molar-refractivity contribution is 6.01. The Labute approximate surface area is 226 Å². The van der Waals surface area contributed by atoms with Gasteiger partial charge in [0, 0.05) is 24.2 Å². The number of fused-ring (bicyclic) bond motifs is 7. The van der Waals surface area contributed by atoms with Crippen LogP contribution in [-0.2, 0) is 9.53 Å². The Hall–Kier alpha value is -0.710. The van der Waals surface area contributed by atoms with Crippen LogP contribution in [0.25, 0.3) is 0 Å². The number of aliphatic hydroxyl groups is 2. The highest BCUT2D eigenvalue weighted by Gasteiger charge is 2.70. The van der Waals surface area contributed by atoms with E-state index in [2.05, 4.69) is 54.5 Å². The summed E-state index contributed by atoms with van der Waals surface area (Å²) in [6.07, 6.45) is 10.5. The summed E-state index contributed by atoms with van der Waals surface area (Å²) >= 11 is 0. The van der Waals surface area contributed by atoms with Crippen molar-refractivity contribution in [1.29, 1.82) is 0 Å². The molecule has 4 nitrogen and oxygen atoms in total. The molecule has 0 amide bonds. The molecule has 4 heteroatoms. The number of hydrogen-bond donors (Lipinski definition) is 2. The highest BCUT2D eigenvalue weighted by Crippen LogP contribution is 2.77. The zero-order valence-electron chi connectivity index (χ0n) is 24.9. The van der Waals surface area contributed by atoms with Crippen LogP contribution in [0.2, 0.25) is 0 Å². The molecular weight excluding hydrogens is 460 g/mol. The second-order valence-corrected chi connectivity index (χ2v) is 15.5. The molecule has 1 unspecified atom stereocenters. The summed E-state index contributed by atoms with van der Waals surface area (Å²) in [7, 11) is 0. The Morgan fingerprint density at radius 1 is 0.946 bits per heavy atom. The first-order valence-corrected chi connectivity index (χ1v) is 15.4. The quantitative estimate of drug-likeness (QED) is 0.397. The van der Waals surface area contributed by atoms with E-state index in [4.69, 9.17) is 4.74 Å². The fourth-order valence-corrected chi connectivity index (χ4v) is 11.8. The highest BCUT2D eigenvalue weighted by atomic mass is 16.6. The maximum Gasteiger partial charge on any atom is 0.184 e. The number of Topliss-reactive ketones (excluding diaryl/α,β-unsaturated/α-hetero) is 1. The SMILES string of the molecule is CCOC(O)C1=C[C@]2(C)[C@H]3CC[C@@H]4[C@H]5[C@H](C(C)C)CC[C@]5(CO)CC[C@@]4(C)[C@]3(C)CC[C@H]2C(C)(C)C1=O. The van der Waals surface area contributed by atoms with Gasteiger partial charge in [-0.25, -0.2) is 0 Å². The van der Waals surface area contributed by atoms with E-state index in [0.29, 0.717) is 48.4 Å². The van der Waals surface area contributed by atoms with Crippen molar-refractivity contribution < 1.29 is 19.7 Å². The van der Waals surface area contributed by atoms with Crippen LogP contribution < -0.4 is 0 Å². The van der Waals surface area contributed by atoms with Gasteiger partial charge < -0.3 is 14.9 Å². The largest absolute Gasteiger partial charge is 0.396 e. The molecule has 0 heterocycles.